The van der Waals surface area contributed by atoms with Crippen LogP contribution in [0.1, 0.15) is 54.5 Å². The Labute approximate surface area is 163 Å². The molecule has 1 saturated carbocycles. The highest BCUT2D eigenvalue weighted by Crippen LogP contribution is 2.26. The Balaban J connectivity index is 1.73. The first kappa shape index (κ1) is 19.4. The summed E-state index contributed by atoms with van der Waals surface area (Å²) in [6.07, 6.45) is 5.48. The minimum Gasteiger partial charge on any atom is -0.461 e. The number of carbonyl (C=O) groups is 2. The average Bonchev–Trinajstić information content (AvgIpc) is 3.16. The van der Waals surface area contributed by atoms with Crippen LogP contribution in [0.15, 0.2) is 35.7 Å². The number of ether oxygens (including phenoxy) is 1. The zero-order valence-electron chi connectivity index (χ0n) is 15.5. The van der Waals surface area contributed by atoms with Crippen LogP contribution >= 0.6 is 11.3 Å². The Morgan fingerprint density at radius 3 is 2.67 bits per heavy atom. The highest BCUT2D eigenvalue weighted by atomic mass is 32.1. The summed E-state index contributed by atoms with van der Waals surface area (Å²) in [6, 6.07) is 9.53. The van der Waals surface area contributed by atoms with E-state index in [-0.39, 0.29) is 12.1 Å². The molecule has 0 spiro atoms. The zero-order valence-corrected chi connectivity index (χ0v) is 16.3. The molecule has 0 atom stereocenters. The first-order valence-corrected chi connectivity index (χ1v) is 10.3. The van der Waals surface area contributed by atoms with Crippen LogP contribution in [0.3, 0.4) is 0 Å². The fraction of sp³-hybridized carbons (Fsp3) is 0.450. The number of aromatic nitrogens is 1. The molecule has 1 N–H and O–H groups in total. The predicted octanol–water partition coefficient (Wildman–Crippen LogP) is 4.69. The van der Waals surface area contributed by atoms with Gasteiger partial charge < -0.3 is 15.0 Å². The summed E-state index contributed by atoms with van der Waals surface area (Å²) in [7, 11) is 0. The number of para-hydroxylation sites is 1. The van der Waals surface area contributed by atoms with Gasteiger partial charge in [0.25, 0.3) is 0 Å². The van der Waals surface area contributed by atoms with Crippen molar-refractivity contribution >= 4 is 29.0 Å². The van der Waals surface area contributed by atoms with Gasteiger partial charge in [-0.1, -0.05) is 37.5 Å². The van der Waals surface area contributed by atoms with Crippen molar-refractivity contribution in [1.29, 1.82) is 0 Å². The smallest absolute Gasteiger partial charge is 0.357 e. The molecular formula is C20H25N3O3S. The molecule has 1 fully saturated rings. The van der Waals surface area contributed by atoms with Crippen LogP contribution in [0.25, 0.3) is 0 Å². The van der Waals surface area contributed by atoms with E-state index in [0.717, 1.165) is 36.4 Å². The molecule has 144 valence electrons. The largest absolute Gasteiger partial charge is 0.461 e. The molecule has 1 aromatic carbocycles. The maximum atomic E-state index is 13.0. The van der Waals surface area contributed by atoms with Crippen molar-refractivity contribution in [2.24, 2.45) is 0 Å². The van der Waals surface area contributed by atoms with Crippen LogP contribution in [-0.4, -0.2) is 34.5 Å². The van der Waals surface area contributed by atoms with Gasteiger partial charge in [0.05, 0.1) is 13.2 Å². The van der Waals surface area contributed by atoms with Gasteiger partial charge in [-0.3, -0.25) is 0 Å². The molecule has 0 saturated heterocycles. The number of esters is 1. The Morgan fingerprint density at radius 1 is 1.22 bits per heavy atom. The number of amides is 2. The summed E-state index contributed by atoms with van der Waals surface area (Å²) in [5.74, 6) is -0.419. The van der Waals surface area contributed by atoms with Gasteiger partial charge in [-0.05, 0) is 31.9 Å². The van der Waals surface area contributed by atoms with E-state index < -0.39 is 5.97 Å². The number of urea groups is 1. The molecule has 2 aromatic rings. The Kier molecular flexibility index (Phi) is 6.81. The molecule has 1 aromatic heterocycles. The van der Waals surface area contributed by atoms with Crippen LogP contribution in [0, 0.1) is 0 Å². The standard InChI is InChI=1S/C20H25N3O3S/c1-2-26-19(24)17-14-27-18(22-17)13-23(16-11-7-4-8-12-16)20(25)21-15-9-5-3-6-10-15/h3,5-6,9-10,14,16H,2,4,7-8,11-13H2,1H3,(H,21,25). The van der Waals surface area contributed by atoms with Gasteiger partial charge in [-0.25, -0.2) is 14.6 Å². The van der Waals surface area contributed by atoms with E-state index in [0.29, 0.717) is 18.8 Å². The summed E-state index contributed by atoms with van der Waals surface area (Å²) in [5, 5.41) is 5.42. The second-order valence-corrected chi connectivity index (χ2v) is 7.51. The predicted molar refractivity (Wildman–Crippen MR) is 106 cm³/mol. The normalized spacial score (nSPS) is 14.6. The first-order chi connectivity index (χ1) is 13.2. The van der Waals surface area contributed by atoms with Crippen LogP contribution < -0.4 is 5.32 Å². The highest BCUT2D eigenvalue weighted by Gasteiger charge is 2.27. The zero-order chi connectivity index (χ0) is 19.1. The van der Waals surface area contributed by atoms with Crippen molar-refractivity contribution in [2.75, 3.05) is 11.9 Å². The molecule has 1 aliphatic rings. The van der Waals surface area contributed by atoms with E-state index in [1.165, 1.54) is 17.8 Å². The maximum absolute atomic E-state index is 13.0. The fourth-order valence-corrected chi connectivity index (χ4v) is 4.07. The number of hydrogen-bond acceptors (Lipinski definition) is 5. The quantitative estimate of drug-likeness (QED) is 0.730. The summed E-state index contributed by atoms with van der Waals surface area (Å²) < 4.78 is 5.00. The van der Waals surface area contributed by atoms with Crippen LogP contribution in [0.4, 0.5) is 10.5 Å². The summed E-state index contributed by atoms with van der Waals surface area (Å²) >= 11 is 1.39. The third-order valence-electron chi connectivity index (χ3n) is 4.64. The third kappa shape index (κ3) is 5.29. The van der Waals surface area contributed by atoms with Gasteiger partial charge in [0, 0.05) is 17.1 Å². The molecule has 7 heteroatoms. The van der Waals surface area contributed by atoms with E-state index in [1.807, 2.05) is 35.2 Å². The minimum atomic E-state index is -0.419. The Morgan fingerprint density at radius 2 is 1.96 bits per heavy atom. The SMILES string of the molecule is CCOC(=O)c1csc(CN(C(=O)Nc2ccccc2)C2CCCCC2)n1. The lowest BCUT2D eigenvalue weighted by atomic mass is 9.94. The molecule has 0 unspecified atom stereocenters. The summed E-state index contributed by atoms with van der Waals surface area (Å²) in [4.78, 5) is 31.0. The number of rotatable bonds is 6. The lowest BCUT2D eigenvalue weighted by Crippen LogP contribution is -2.43. The van der Waals surface area contributed by atoms with Gasteiger partial charge in [0.15, 0.2) is 5.69 Å². The molecule has 1 heterocycles. The van der Waals surface area contributed by atoms with Crippen molar-refractivity contribution in [1.82, 2.24) is 9.88 Å². The lowest BCUT2D eigenvalue weighted by molar-refractivity contribution is 0.0520. The van der Waals surface area contributed by atoms with Gasteiger partial charge in [-0.15, -0.1) is 11.3 Å². The van der Waals surface area contributed by atoms with Gasteiger partial charge in [0.2, 0.25) is 0 Å². The van der Waals surface area contributed by atoms with Crippen molar-refractivity contribution in [3.8, 4) is 0 Å². The molecular weight excluding hydrogens is 362 g/mol. The average molecular weight is 388 g/mol. The van der Waals surface area contributed by atoms with Crippen LogP contribution in [0.2, 0.25) is 0 Å². The molecule has 6 nitrogen and oxygen atoms in total. The van der Waals surface area contributed by atoms with E-state index >= 15 is 0 Å². The second-order valence-electron chi connectivity index (χ2n) is 6.56. The molecule has 0 radical (unpaired) electrons. The van der Waals surface area contributed by atoms with Crippen LogP contribution in [0.5, 0.6) is 0 Å². The molecule has 0 aliphatic heterocycles. The summed E-state index contributed by atoms with van der Waals surface area (Å²) in [5.41, 5.74) is 1.08. The van der Waals surface area contributed by atoms with E-state index in [2.05, 4.69) is 10.3 Å². The van der Waals surface area contributed by atoms with Crippen molar-refractivity contribution in [3.05, 3.63) is 46.4 Å². The van der Waals surface area contributed by atoms with Crippen LogP contribution in [-0.2, 0) is 11.3 Å². The summed E-state index contributed by atoms with van der Waals surface area (Å²) in [6.45, 7) is 2.48. The lowest BCUT2D eigenvalue weighted by Gasteiger charge is -2.33. The molecule has 27 heavy (non-hydrogen) atoms. The number of nitrogens with one attached hydrogen (secondary N) is 1. The first-order valence-electron chi connectivity index (χ1n) is 9.41. The maximum Gasteiger partial charge on any atom is 0.357 e. The molecule has 2 amide bonds. The van der Waals surface area contributed by atoms with Crippen molar-refractivity contribution in [3.63, 3.8) is 0 Å². The highest BCUT2D eigenvalue weighted by molar-refractivity contribution is 7.09. The number of benzene rings is 1. The molecule has 1 aliphatic carbocycles. The van der Waals surface area contributed by atoms with Crippen molar-refractivity contribution < 1.29 is 14.3 Å². The minimum absolute atomic E-state index is 0.124. The number of anilines is 1. The van der Waals surface area contributed by atoms with E-state index in [9.17, 15) is 9.59 Å². The Bertz CT molecular complexity index is 757. The van der Waals surface area contributed by atoms with E-state index in [4.69, 9.17) is 4.74 Å². The van der Waals surface area contributed by atoms with Crippen molar-refractivity contribution in [2.45, 2.75) is 51.6 Å². The number of nitrogens with zero attached hydrogens (tertiary/aromatic N) is 2. The monoisotopic (exact) mass is 387 g/mol. The number of hydrogen-bond donors (Lipinski definition) is 1. The number of carbonyl (C=O) groups excluding carboxylic acids is 2. The van der Waals surface area contributed by atoms with Gasteiger partial charge >= 0.3 is 12.0 Å². The van der Waals surface area contributed by atoms with Gasteiger partial charge in [-0.2, -0.15) is 0 Å². The fourth-order valence-electron chi connectivity index (χ4n) is 3.30. The topological polar surface area (TPSA) is 71.5 Å². The van der Waals surface area contributed by atoms with Gasteiger partial charge in [0.1, 0.15) is 5.01 Å². The second kappa shape index (κ2) is 9.50. The number of thiazole rings is 1. The van der Waals surface area contributed by atoms with E-state index in [1.54, 1.807) is 12.3 Å². The Hall–Kier alpha value is -2.41. The molecule has 3 rings (SSSR count). The molecule has 0 bridgehead atoms. The third-order valence-corrected chi connectivity index (χ3v) is 5.48.